The van der Waals surface area contributed by atoms with Crippen LogP contribution in [-0.2, 0) is 6.42 Å². The van der Waals surface area contributed by atoms with Crippen LogP contribution in [0.2, 0.25) is 0 Å². The molecule has 96 valence electrons. The number of hydrogen-bond acceptors (Lipinski definition) is 3. The normalized spacial score (nSPS) is 10.9. The van der Waals surface area contributed by atoms with E-state index in [0.717, 1.165) is 12.1 Å². The van der Waals surface area contributed by atoms with Crippen molar-refractivity contribution in [1.29, 1.82) is 0 Å². The fourth-order valence-corrected chi connectivity index (χ4v) is 1.60. The Hall–Kier alpha value is -1.82. The van der Waals surface area contributed by atoms with Gasteiger partial charge in [-0.1, -0.05) is 5.21 Å². The molecular formula is C12H13F2N3O. The lowest BCUT2D eigenvalue weighted by Gasteiger charge is -2.04. The van der Waals surface area contributed by atoms with E-state index in [9.17, 15) is 8.78 Å². The first-order valence-corrected chi connectivity index (χ1v) is 5.60. The molecule has 1 aromatic carbocycles. The van der Waals surface area contributed by atoms with Crippen molar-refractivity contribution in [2.45, 2.75) is 19.8 Å². The van der Waals surface area contributed by atoms with E-state index in [1.165, 1.54) is 17.8 Å². The maximum absolute atomic E-state index is 13.7. The molecule has 0 fully saturated rings. The molecule has 0 aliphatic carbocycles. The Balaban J connectivity index is 2.31. The van der Waals surface area contributed by atoms with Gasteiger partial charge in [0, 0.05) is 12.7 Å². The number of nitrogens with zero attached hydrogens (tertiary/aromatic N) is 3. The molecule has 18 heavy (non-hydrogen) atoms. The van der Waals surface area contributed by atoms with Crippen molar-refractivity contribution in [3.8, 4) is 5.69 Å². The molecule has 0 spiro atoms. The summed E-state index contributed by atoms with van der Waals surface area (Å²) in [4.78, 5) is 0. The Morgan fingerprint density at radius 2 is 2.06 bits per heavy atom. The summed E-state index contributed by atoms with van der Waals surface area (Å²) in [5.74, 6) is -1.04. The molecule has 1 heterocycles. The summed E-state index contributed by atoms with van der Waals surface area (Å²) < 4.78 is 28.3. The highest BCUT2D eigenvalue weighted by molar-refractivity contribution is 5.36. The summed E-state index contributed by atoms with van der Waals surface area (Å²) in [6.45, 7) is 1.55. The number of aliphatic hydroxyl groups excluding tert-OH is 1. The molecule has 6 heteroatoms. The van der Waals surface area contributed by atoms with Gasteiger partial charge < -0.3 is 5.11 Å². The molecule has 2 aromatic rings. The third-order valence-corrected chi connectivity index (χ3v) is 2.61. The smallest absolute Gasteiger partial charge is 0.149 e. The van der Waals surface area contributed by atoms with Gasteiger partial charge in [0.05, 0.1) is 11.9 Å². The van der Waals surface area contributed by atoms with Crippen molar-refractivity contribution >= 4 is 0 Å². The number of aryl methyl sites for hydroxylation is 2. The van der Waals surface area contributed by atoms with E-state index < -0.39 is 11.6 Å². The van der Waals surface area contributed by atoms with E-state index >= 15 is 0 Å². The zero-order chi connectivity index (χ0) is 13.1. The Labute approximate surface area is 103 Å². The van der Waals surface area contributed by atoms with Crippen LogP contribution >= 0.6 is 0 Å². The first kappa shape index (κ1) is 12.6. The molecule has 4 nitrogen and oxygen atoms in total. The zero-order valence-electron chi connectivity index (χ0n) is 9.90. The average molecular weight is 253 g/mol. The fourth-order valence-electron chi connectivity index (χ4n) is 1.60. The number of halogens is 2. The lowest BCUT2D eigenvalue weighted by atomic mass is 10.2. The monoisotopic (exact) mass is 253 g/mol. The third kappa shape index (κ3) is 2.53. The maximum atomic E-state index is 13.7. The predicted molar refractivity (Wildman–Crippen MR) is 61.4 cm³/mol. The van der Waals surface area contributed by atoms with Gasteiger partial charge in [-0.3, -0.25) is 0 Å². The van der Waals surface area contributed by atoms with E-state index in [1.807, 2.05) is 0 Å². The minimum Gasteiger partial charge on any atom is -0.396 e. The highest BCUT2D eigenvalue weighted by Crippen LogP contribution is 2.17. The number of aromatic nitrogens is 3. The molecule has 0 amide bonds. The zero-order valence-corrected chi connectivity index (χ0v) is 9.90. The van der Waals surface area contributed by atoms with Gasteiger partial charge in [-0.05, 0) is 31.4 Å². The van der Waals surface area contributed by atoms with Gasteiger partial charge >= 0.3 is 0 Å². The quantitative estimate of drug-likeness (QED) is 0.903. The standard InChI is InChI=1S/C12H13F2N3O/c1-8-5-11(14)12(6-10(8)13)17-7-9(15-16-17)3-2-4-18/h5-7,18H,2-4H2,1H3. The molecule has 0 radical (unpaired) electrons. The van der Waals surface area contributed by atoms with Crippen molar-refractivity contribution in [1.82, 2.24) is 15.0 Å². The van der Waals surface area contributed by atoms with Crippen molar-refractivity contribution in [2.75, 3.05) is 6.61 Å². The molecule has 0 unspecified atom stereocenters. The van der Waals surface area contributed by atoms with Crippen LogP contribution in [0.4, 0.5) is 8.78 Å². The van der Waals surface area contributed by atoms with E-state index in [-0.39, 0.29) is 17.9 Å². The molecule has 0 bridgehead atoms. The second-order valence-corrected chi connectivity index (χ2v) is 4.03. The topological polar surface area (TPSA) is 50.9 Å². The van der Waals surface area contributed by atoms with E-state index in [1.54, 1.807) is 0 Å². The molecule has 0 saturated heterocycles. The molecule has 0 aliphatic heterocycles. The molecule has 1 N–H and O–H groups in total. The van der Waals surface area contributed by atoms with Gasteiger partial charge in [-0.15, -0.1) is 5.10 Å². The third-order valence-electron chi connectivity index (χ3n) is 2.61. The average Bonchev–Trinajstić information content (AvgIpc) is 2.79. The minimum absolute atomic E-state index is 0.0286. The second kappa shape index (κ2) is 5.22. The molecule has 0 saturated carbocycles. The summed E-state index contributed by atoms with van der Waals surface area (Å²) in [6.07, 6.45) is 2.64. The molecular weight excluding hydrogens is 240 g/mol. The highest BCUT2D eigenvalue weighted by atomic mass is 19.1. The van der Waals surface area contributed by atoms with Crippen LogP contribution in [0, 0.1) is 18.6 Å². The molecule has 0 aliphatic rings. The maximum Gasteiger partial charge on any atom is 0.149 e. The van der Waals surface area contributed by atoms with Crippen molar-refractivity contribution in [3.63, 3.8) is 0 Å². The van der Waals surface area contributed by atoms with E-state index in [2.05, 4.69) is 10.3 Å². The van der Waals surface area contributed by atoms with Crippen LogP contribution in [-0.4, -0.2) is 26.7 Å². The Morgan fingerprint density at radius 1 is 1.28 bits per heavy atom. The van der Waals surface area contributed by atoms with E-state index in [0.29, 0.717) is 18.5 Å². The highest BCUT2D eigenvalue weighted by Gasteiger charge is 2.11. The number of hydrogen-bond donors (Lipinski definition) is 1. The molecule has 2 rings (SSSR count). The summed E-state index contributed by atoms with van der Waals surface area (Å²) in [7, 11) is 0. The van der Waals surface area contributed by atoms with Crippen LogP contribution < -0.4 is 0 Å². The number of benzene rings is 1. The summed E-state index contributed by atoms with van der Waals surface area (Å²) in [5, 5.41) is 16.3. The van der Waals surface area contributed by atoms with Gasteiger partial charge in [0.1, 0.15) is 17.3 Å². The van der Waals surface area contributed by atoms with Crippen molar-refractivity contribution in [2.24, 2.45) is 0 Å². The molecule has 1 aromatic heterocycles. The number of aliphatic hydroxyl groups is 1. The first-order chi connectivity index (χ1) is 8.61. The predicted octanol–water partition coefficient (Wildman–Crippen LogP) is 1.78. The summed E-state index contributed by atoms with van der Waals surface area (Å²) in [6, 6.07) is 2.22. The second-order valence-electron chi connectivity index (χ2n) is 4.03. The Kier molecular flexibility index (Phi) is 3.66. The molecule has 0 atom stereocenters. The Morgan fingerprint density at radius 3 is 2.78 bits per heavy atom. The van der Waals surface area contributed by atoms with Crippen molar-refractivity contribution < 1.29 is 13.9 Å². The minimum atomic E-state index is -0.549. The van der Waals surface area contributed by atoms with Crippen LogP contribution in [0.5, 0.6) is 0 Å². The van der Waals surface area contributed by atoms with Gasteiger partial charge in [-0.2, -0.15) is 0 Å². The largest absolute Gasteiger partial charge is 0.396 e. The van der Waals surface area contributed by atoms with E-state index in [4.69, 9.17) is 5.11 Å². The van der Waals surface area contributed by atoms with Gasteiger partial charge in [-0.25, -0.2) is 13.5 Å². The lowest BCUT2D eigenvalue weighted by Crippen LogP contribution is -2.01. The fraction of sp³-hybridized carbons (Fsp3) is 0.333. The lowest BCUT2D eigenvalue weighted by molar-refractivity contribution is 0.288. The van der Waals surface area contributed by atoms with Gasteiger partial charge in [0.25, 0.3) is 0 Å². The van der Waals surface area contributed by atoms with Crippen LogP contribution in [0.15, 0.2) is 18.3 Å². The van der Waals surface area contributed by atoms with Crippen LogP contribution in [0.1, 0.15) is 17.7 Å². The van der Waals surface area contributed by atoms with Gasteiger partial charge in [0.2, 0.25) is 0 Å². The van der Waals surface area contributed by atoms with Gasteiger partial charge in [0.15, 0.2) is 0 Å². The summed E-state index contributed by atoms with van der Waals surface area (Å²) in [5.41, 5.74) is 0.905. The summed E-state index contributed by atoms with van der Waals surface area (Å²) >= 11 is 0. The number of rotatable bonds is 4. The SMILES string of the molecule is Cc1cc(F)c(-n2cc(CCCO)nn2)cc1F. The van der Waals surface area contributed by atoms with Crippen LogP contribution in [0.3, 0.4) is 0 Å². The van der Waals surface area contributed by atoms with Crippen LogP contribution in [0.25, 0.3) is 5.69 Å². The Bertz CT molecular complexity index is 554. The van der Waals surface area contributed by atoms with Crippen molar-refractivity contribution in [3.05, 3.63) is 41.2 Å². The first-order valence-electron chi connectivity index (χ1n) is 5.60.